The average molecular weight is 362 g/mol. The van der Waals surface area contributed by atoms with Gasteiger partial charge in [-0.2, -0.15) is 0 Å². The molecule has 0 radical (unpaired) electrons. The lowest BCUT2D eigenvalue weighted by molar-refractivity contribution is -0.147. The first-order valence-electron chi connectivity index (χ1n) is 8.89. The Morgan fingerprint density at radius 2 is 1.81 bits per heavy atom. The van der Waals surface area contributed by atoms with Gasteiger partial charge in [0.2, 0.25) is 11.8 Å². The summed E-state index contributed by atoms with van der Waals surface area (Å²) in [4.78, 5) is 29.0. The van der Waals surface area contributed by atoms with Crippen molar-refractivity contribution < 1.29 is 23.8 Å². The highest BCUT2D eigenvalue weighted by atomic mass is 16.5. The van der Waals surface area contributed by atoms with Gasteiger partial charge >= 0.3 is 0 Å². The molecule has 3 rings (SSSR count). The van der Waals surface area contributed by atoms with Crippen molar-refractivity contribution in [2.45, 2.75) is 32.5 Å². The van der Waals surface area contributed by atoms with Gasteiger partial charge in [0.05, 0.1) is 38.0 Å². The maximum atomic E-state index is 12.9. The Morgan fingerprint density at radius 3 is 2.42 bits per heavy atom. The van der Waals surface area contributed by atoms with Crippen molar-refractivity contribution in [1.29, 1.82) is 0 Å². The van der Waals surface area contributed by atoms with Gasteiger partial charge in [-0.05, 0) is 26.0 Å². The molecule has 0 bridgehead atoms. The fourth-order valence-corrected chi connectivity index (χ4v) is 3.73. The Kier molecular flexibility index (Phi) is 5.36. The Labute approximate surface area is 153 Å². The van der Waals surface area contributed by atoms with E-state index in [1.807, 2.05) is 18.7 Å². The van der Waals surface area contributed by atoms with Gasteiger partial charge in [-0.15, -0.1) is 0 Å². The number of hydrogen-bond donors (Lipinski definition) is 0. The molecular formula is C19H26N2O5. The van der Waals surface area contributed by atoms with Crippen LogP contribution in [0, 0.1) is 5.92 Å². The highest BCUT2D eigenvalue weighted by molar-refractivity contribution is 6.01. The summed E-state index contributed by atoms with van der Waals surface area (Å²) >= 11 is 0. The van der Waals surface area contributed by atoms with E-state index in [2.05, 4.69) is 0 Å². The molecule has 0 aliphatic carbocycles. The normalized spacial score (nSPS) is 26.2. The van der Waals surface area contributed by atoms with Gasteiger partial charge in [0.15, 0.2) is 0 Å². The van der Waals surface area contributed by atoms with E-state index < -0.39 is 0 Å². The SMILES string of the molecule is COc1ccc(OC)c(N2C[C@H](C(=O)N3C[C@@H](C)O[C@H](C)C3)CC2=O)c1. The Bertz CT molecular complexity index is 683. The lowest BCUT2D eigenvalue weighted by Crippen LogP contribution is -2.50. The second-order valence-electron chi connectivity index (χ2n) is 6.94. The number of methoxy groups -OCH3 is 2. The Hall–Kier alpha value is -2.28. The molecule has 2 aliphatic rings. The van der Waals surface area contributed by atoms with Crippen LogP contribution < -0.4 is 14.4 Å². The third-order valence-electron chi connectivity index (χ3n) is 4.88. The molecule has 7 heteroatoms. The molecule has 1 aromatic rings. The molecule has 0 spiro atoms. The Morgan fingerprint density at radius 1 is 1.12 bits per heavy atom. The van der Waals surface area contributed by atoms with Crippen molar-refractivity contribution >= 4 is 17.5 Å². The highest BCUT2D eigenvalue weighted by Crippen LogP contribution is 2.36. The molecule has 2 heterocycles. The third-order valence-corrected chi connectivity index (χ3v) is 4.88. The molecule has 2 aliphatic heterocycles. The van der Waals surface area contributed by atoms with E-state index in [-0.39, 0.29) is 36.4 Å². The van der Waals surface area contributed by atoms with Crippen LogP contribution in [0.15, 0.2) is 18.2 Å². The van der Waals surface area contributed by atoms with Gasteiger partial charge < -0.3 is 24.0 Å². The molecule has 3 atom stereocenters. The number of amides is 2. The van der Waals surface area contributed by atoms with Crippen LogP contribution in [0.1, 0.15) is 20.3 Å². The summed E-state index contributed by atoms with van der Waals surface area (Å²) < 4.78 is 16.3. The monoisotopic (exact) mass is 362 g/mol. The lowest BCUT2D eigenvalue weighted by atomic mass is 10.1. The van der Waals surface area contributed by atoms with E-state index in [9.17, 15) is 9.59 Å². The Balaban J connectivity index is 1.77. The maximum absolute atomic E-state index is 12.9. The van der Waals surface area contributed by atoms with Gasteiger partial charge in [0.25, 0.3) is 0 Å². The van der Waals surface area contributed by atoms with Crippen LogP contribution in [-0.2, 0) is 14.3 Å². The molecule has 7 nitrogen and oxygen atoms in total. The molecule has 2 saturated heterocycles. The summed E-state index contributed by atoms with van der Waals surface area (Å²) in [7, 11) is 3.13. The minimum atomic E-state index is -0.351. The third kappa shape index (κ3) is 3.62. The second kappa shape index (κ2) is 7.53. The number of anilines is 1. The van der Waals surface area contributed by atoms with E-state index in [0.717, 1.165) is 0 Å². The van der Waals surface area contributed by atoms with Crippen molar-refractivity contribution in [3.05, 3.63) is 18.2 Å². The molecule has 0 aromatic heterocycles. The zero-order valence-electron chi connectivity index (χ0n) is 15.7. The van der Waals surface area contributed by atoms with Crippen molar-refractivity contribution in [3.63, 3.8) is 0 Å². The summed E-state index contributed by atoms with van der Waals surface area (Å²) in [6.45, 7) is 5.40. The number of benzene rings is 1. The minimum absolute atomic E-state index is 0.00869. The van der Waals surface area contributed by atoms with Gasteiger partial charge in [0, 0.05) is 32.1 Å². The van der Waals surface area contributed by atoms with Gasteiger partial charge in [-0.25, -0.2) is 0 Å². The lowest BCUT2D eigenvalue weighted by Gasteiger charge is -2.36. The molecular weight excluding hydrogens is 336 g/mol. The zero-order valence-corrected chi connectivity index (χ0v) is 15.7. The number of rotatable bonds is 4. The van der Waals surface area contributed by atoms with Crippen LogP contribution in [-0.4, -0.2) is 62.8 Å². The molecule has 142 valence electrons. The standard InChI is InChI=1S/C19H26N2O5/c1-12-9-20(10-13(2)26-12)19(23)14-7-18(22)21(11-14)16-8-15(24-3)5-6-17(16)25-4/h5-6,8,12-14H,7,9-11H2,1-4H3/t12-,13-,14-/m1/s1. The fourth-order valence-electron chi connectivity index (χ4n) is 3.73. The maximum Gasteiger partial charge on any atom is 0.228 e. The van der Waals surface area contributed by atoms with Crippen LogP contribution >= 0.6 is 0 Å². The molecule has 0 saturated carbocycles. The fraction of sp³-hybridized carbons (Fsp3) is 0.579. The molecule has 2 fully saturated rings. The summed E-state index contributed by atoms with van der Waals surface area (Å²) in [6, 6.07) is 5.31. The summed E-state index contributed by atoms with van der Waals surface area (Å²) in [6.07, 6.45) is 0.225. The van der Waals surface area contributed by atoms with Gasteiger partial charge in [-0.1, -0.05) is 0 Å². The van der Waals surface area contributed by atoms with E-state index >= 15 is 0 Å². The van der Waals surface area contributed by atoms with Crippen LogP contribution in [0.2, 0.25) is 0 Å². The highest BCUT2D eigenvalue weighted by Gasteiger charge is 2.39. The largest absolute Gasteiger partial charge is 0.497 e. The smallest absolute Gasteiger partial charge is 0.228 e. The molecule has 2 amide bonds. The van der Waals surface area contributed by atoms with Crippen molar-refractivity contribution in [2.75, 3.05) is 38.8 Å². The zero-order chi connectivity index (χ0) is 18.8. The van der Waals surface area contributed by atoms with Crippen LogP contribution in [0.3, 0.4) is 0 Å². The number of nitrogens with zero attached hydrogens (tertiary/aromatic N) is 2. The first kappa shape index (κ1) is 18.5. The van der Waals surface area contributed by atoms with E-state index in [4.69, 9.17) is 14.2 Å². The number of morpholine rings is 1. The van der Waals surface area contributed by atoms with Gasteiger partial charge in [0.1, 0.15) is 11.5 Å². The minimum Gasteiger partial charge on any atom is -0.497 e. The van der Waals surface area contributed by atoms with Crippen LogP contribution in [0.5, 0.6) is 11.5 Å². The van der Waals surface area contributed by atoms with Crippen LogP contribution in [0.25, 0.3) is 0 Å². The van der Waals surface area contributed by atoms with E-state index in [1.165, 1.54) is 0 Å². The van der Waals surface area contributed by atoms with Crippen molar-refractivity contribution in [2.24, 2.45) is 5.92 Å². The molecule has 0 unspecified atom stereocenters. The van der Waals surface area contributed by atoms with Crippen molar-refractivity contribution in [1.82, 2.24) is 4.90 Å². The number of carbonyl (C=O) groups excluding carboxylic acids is 2. The second-order valence-corrected chi connectivity index (χ2v) is 6.94. The summed E-state index contributed by atoms with van der Waals surface area (Å²) in [5.74, 6) is 0.810. The topological polar surface area (TPSA) is 68.3 Å². The summed E-state index contributed by atoms with van der Waals surface area (Å²) in [5.41, 5.74) is 0.635. The number of carbonyl (C=O) groups is 2. The quantitative estimate of drug-likeness (QED) is 0.815. The van der Waals surface area contributed by atoms with E-state index in [1.54, 1.807) is 37.3 Å². The van der Waals surface area contributed by atoms with Crippen molar-refractivity contribution in [3.8, 4) is 11.5 Å². The predicted molar refractivity (Wildman–Crippen MR) is 96.6 cm³/mol. The van der Waals surface area contributed by atoms with Gasteiger partial charge in [-0.3, -0.25) is 9.59 Å². The number of ether oxygens (including phenoxy) is 3. The predicted octanol–water partition coefficient (Wildman–Crippen LogP) is 1.69. The number of hydrogen-bond acceptors (Lipinski definition) is 5. The molecule has 0 N–H and O–H groups in total. The first-order chi connectivity index (χ1) is 12.4. The van der Waals surface area contributed by atoms with Crippen LogP contribution in [0.4, 0.5) is 5.69 Å². The average Bonchev–Trinajstić information content (AvgIpc) is 3.01. The first-order valence-corrected chi connectivity index (χ1v) is 8.89. The molecule has 26 heavy (non-hydrogen) atoms. The summed E-state index contributed by atoms with van der Waals surface area (Å²) in [5, 5.41) is 0. The van der Waals surface area contributed by atoms with E-state index in [0.29, 0.717) is 36.8 Å². The molecule has 1 aromatic carbocycles.